The first-order valence-corrected chi connectivity index (χ1v) is 8.49. The summed E-state index contributed by atoms with van der Waals surface area (Å²) >= 11 is 0. The molecule has 3 rings (SSSR count). The van der Waals surface area contributed by atoms with Crippen molar-refractivity contribution in [1.82, 2.24) is 10.3 Å². The molecule has 0 atom stereocenters. The Balaban J connectivity index is 0.00000169. The number of pyridine rings is 1. The number of carbonyl (C=O) groups is 1. The fourth-order valence-corrected chi connectivity index (χ4v) is 2.86. The van der Waals surface area contributed by atoms with Gasteiger partial charge in [-0.3, -0.25) is 4.79 Å². The lowest BCUT2D eigenvalue weighted by molar-refractivity contribution is -0.116. The minimum absolute atomic E-state index is 0. The first kappa shape index (κ1) is 22.2. The van der Waals surface area contributed by atoms with Gasteiger partial charge in [-0.05, 0) is 68.6 Å². The zero-order chi connectivity index (χ0) is 16.6. The first-order chi connectivity index (χ1) is 11.8. The zero-order valence-corrected chi connectivity index (χ0v) is 16.2. The number of aromatic nitrogens is 1. The molecular formula is C19H25Cl2N3O2. The average Bonchev–Trinajstić information content (AvgIpc) is 2.63. The number of hydrogen-bond donors (Lipinski definition) is 2. The van der Waals surface area contributed by atoms with Crippen molar-refractivity contribution in [3.05, 3.63) is 48.7 Å². The van der Waals surface area contributed by atoms with Gasteiger partial charge in [0.2, 0.25) is 11.8 Å². The van der Waals surface area contributed by atoms with Crippen molar-refractivity contribution in [3.8, 4) is 11.6 Å². The number of halogens is 2. The van der Waals surface area contributed by atoms with Crippen LogP contribution >= 0.6 is 24.8 Å². The summed E-state index contributed by atoms with van der Waals surface area (Å²) in [6.07, 6.45) is 5.58. The van der Waals surface area contributed by atoms with Crippen LogP contribution in [0, 0.1) is 5.92 Å². The molecule has 2 N–H and O–H groups in total. The Hall–Kier alpha value is -1.82. The first-order valence-electron chi connectivity index (χ1n) is 8.49. The van der Waals surface area contributed by atoms with Crippen LogP contribution < -0.4 is 15.4 Å². The number of nitrogens with zero attached hydrogens (tertiary/aromatic N) is 1. The van der Waals surface area contributed by atoms with E-state index in [1.807, 2.05) is 36.4 Å². The molecule has 5 nitrogen and oxygen atoms in total. The summed E-state index contributed by atoms with van der Waals surface area (Å²) in [5.74, 6) is 2.00. The molecule has 0 unspecified atom stereocenters. The quantitative estimate of drug-likeness (QED) is 0.756. The molecule has 0 saturated carbocycles. The highest BCUT2D eigenvalue weighted by Crippen LogP contribution is 2.22. The van der Waals surface area contributed by atoms with Crippen molar-refractivity contribution in [2.24, 2.45) is 5.92 Å². The fraction of sp³-hybridized carbons (Fsp3) is 0.368. The Morgan fingerprint density at radius 3 is 2.50 bits per heavy atom. The molecule has 1 fully saturated rings. The van der Waals surface area contributed by atoms with E-state index in [4.69, 9.17) is 4.74 Å². The summed E-state index contributed by atoms with van der Waals surface area (Å²) < 4.78 is 5.64. The molecular weight excluding hydrogens is 373 g/mol. The van der Waals surface area contributed by atoms with E-state index in [1.54, 1.807) is 12.3 Å². The van der Waals surface area contributed by atoms with Crippen molar-refractivity contribution in [1.29, 1.82) is 0 Å². The number of rotatable bonds is 6. The molecule has 26 heavy (non-hydrogen) atoms. The van der Waals surface area contributed by atoms with E-state index < -0.39 is 0 Å². The van der Waals surface area contributed by atoms with Gasteiger partial charge in [-0.2, -0.15) is 0 Å². The van der Waals surface area contributed by atoms with Gasteiger partial charge in [-0.1, -0.05) is 6.07 Å². The standard InChI is InChI=1S/C19H23N3O2.2ClH/c23-18(9-4-15-10-13-20-14-11-15)22-16-5-7-17(8-6-16)24-19-3-1-2-12-21-19;;/h1-3,5-8,12,15,20H,4,9-11,13-14H2,(H,22,23);2*1H. The molecule has 1 aromatic carbocycles. The minimum atomic E-state index is 0. The molecule has 2 heterocycles. The Kier molecular flexibility index (Phi) is 10.0. The van der Waals surface area contributed by atoms with E-state index in [0.29, 0.717) is 24.0 Å². The number of nitrogens with one attached hydrogen (secondary N) is 2. The van der Waals surface area contributed by atoms with Gasteiger partial charge in [-0.25, -0.2) is 4.98 Å². The lowest BCUT2D eigenvalue weighted by Crippen LogP contribution is -2.28. The number of carbonyl (C=O) groups excluding carboxylic acids is 1. The third kappa shape index (κ3) is 7.20. The van der Waals surface area contributed by atoms with Crippen LogP contribution in [0.5, 0.6) is 11.6 Å². The van der Waals surface area contributed by atoms with Crippen LogP contribution in [0.25, 0.3) is 0 Å². The van der Waals surface area contributed by atoms with Crippen LogP contribution in [0.15, 0.2) is 48.7 Å². The Bertz CT molecular complexity index is 648. The Morgan fingerprint density at radius 2 is 1.85 bits per heavy atom. The molecule has 1 aliphatic heterocycles. The predicted molar refractivity (Wildman–Crippen MR) is 109 cm³/mol. The highest BCUT2D eigenvalue weighted by molar-refractivity contribution is 5.90. The predicted octanol–water partition coefficient (Wildman–Crippen LogP) is 4.44. The van der Waals surface area contributed by atoms with Crippen molar-refractivity contribution >= 4 is 36.4 Å². The Morgan fingerprint density at radius 1 is 1.12 bits per heavy atom. The highest BCUT2D eigenvalue weighted by Gasteiger charge is 2.14. The molecule has 0 aliphatic carbocycles. The van der Waals surface area contributed by atoms with Crippen LogP contribution in [-0.4, -0.2) is 24.0 Å². The van der Waals surface area contributed by atoms with E-state index in [-0.39, 0.29) is 30.7 Å². The van der Waals surface area contributed by atoms with Crippen LogP contribution in [0.2, 0.25) is 0 Å². The van der Waals surface area contributed by atoms with Crippen molar-refractivity contribution < 1.29 is 9.53 Å². The van der Waals surface area contributed by atoms with Gasteiger partial charge in [0, 0.05) is 24.4 Å². The van der Waals surface area contributed by atoms with E-state index in [2.05, 4.69) is 15.6 Å². The third-order valence-electron chi connectivity index (χ3n) is 4.24. The van der Waals surface area contributed by atoms with E-state index >= 15 is 0 Å². The second-order valence-electron chi connectivity index (χ2n) is 6.07. The van der Waals surface area contributed by atoms with E-state index in [9.17, 15) is 4.79 Å². The van der Waals surface area contributed by atoms with Gasteiger partial charge in [0.1, 0.15) is 5.75 Å². The van der Waals surface area contributed by atoms with Crippen LogP contribution in [0.3, 0.4) is 0 Å². The maximum Gasteiger partial charge on any atom is 0.224 e. The molecule has 1 aliphatic rings. The molecule has 0 radical (unpaired) electrons. The number of benzene rings is 1. The Labute approximate surface area is 166 Å². The van der Waals surface area contributed by atoms with Crippen LogP contribution in [-0.2, 0) is 4.79 Å². The third-order valence-corrected chi connectivity index (χ3v) is 4.24. The lowest BCUT2D eigenvalue weighted by atomic mass is 9.93. The molecule has 1 amide bonds. The van der Waals surface area contributed by atoms with Crippen LogP contribution in [0.4, 0.5) is 5.69 Å². The summed E-state index contributed by atoms with van der Waals surface area (Å²) in [5.41, 5.74) is 0.790. The van der Waals surface area contributed by atoms with Gasteiger partial charge < -0.3 is 15.4 Å². The summed E-state index contributed by atoms with van der Waals surface area (Å²) in [6.45, 7) is 2.15. The van der Waals surface area contributed by atoms with Crippen molar-refractivity contribution in [2.45, 2.75) is 25.7 Å². The summed E-state index contributed by atoms with van der Waals surface area (Å²) in [6, 6.07) is 12.9. The maximum absolute atomic E-state index is 12.1. The normalized spacial score (nSPS) is 13.8. The van der Waals surface area contributed by atoms with Crippen molar-refractivity contribution in [2.75, 3.05) is 18.4 Å². The van der Waals surface area contributed by atoms with Gasteiger partial charge in [0.15, 0.2) is 0 Å². The maximum atomic E-state index is 12.1. The van der Waals surface area contributed by atoms with Crippen LogP contribution in [0.1, 0.15) is 25.7 Å². The minimum Gasteiger partial charge on any atom is -0.439 e. The molecule has 1 aromatic heterocycles. The van der Waals surface area contributed by atoms with Gasteiger partial charge >= 0.3 is 0 Å². The number of amides is 1. The summed E-state index contributed by atoms with van der Waals surface area (Å²) in [7, 11) is 0. The molecule has 0 spiro atoms. The molecule has 142 valence electrons. The van der Waals surface area contributed by atoms with Gasteiger partial charge in [-0.15, -0.1) is 24.8 Å². The molecule has 1 saturated heterocycles. The van der Waals surface area contributed by atoms with E-state index in [0.717, 1.165) is 25.2 Å². The second kappa shape index (κ2) is 11.7. The van der Waals surface area contributed by atoms with Gasteiger partial charge in [0.25, 0.3) is 0 Å². The smallest absolute Gasteiger partial charge is 0.224 e. The summed E-state index contributed by atoms with van der Waals surface area (Å²) in [5, 5.41) is 6.29. The zero-order valence-electron chi connectivity index (χ0n) is 14.5. The molecule has 0 bridgehead atoms. The second-order valence-corrected chi connectivity index (χ2v) is 6.07. The highest BCUT2D eigenvalue weighted by atomic mass is 35.5. The SMILES string of the molecule is Cl.Cl.O=C(CCC1CCNCC1)Nc1ccc(Oc2ccccn2)cc1. The lowest BCUT2D eigenvalue weighted by Gasteiger charge is -2.22. The number of piperidine rings is 1. The van der Waals surface area contributed by atoms with Crippen molar-refractivity contribution in [3.63, 3.8) is 0 Å². The molecule has 2 aromatic rings. The molecule has 7 heteroatoms. The fourth-order valence-electron chi connectivity index (χ4n) is 2.86. The van der Waals surface area contributed by atoms with E-state index in [1.165, 1.54) is 12.8 Å². The number of ether oxygens (including phenoxy) is 1. The monoisotopic (exact) mass is 397 g/mol. The summed E-state index contributed by atoms with van der Waals surface area (Å²) in [4.78, 5) is 16.2. The number of hydrogen-bond acceptors (Lipinski definition) is 4. The van der Waals surface area contributed by atoms with Gasteiger partial charge in [0.05, 0.1) is 0 Å². The average molecular weight is 398 g/mol. The topological polar surface area (TPSA) is 63.2 Å². The largest absolute Gasteiger partial charge is 0.439 e. The number of anilines is 1.